The quantitative estimate of drug-likeness (QED) is 0.438. The zero-order valence-electron chi connectivity index (χ0n) is 16.0. The van der Waals surface area contributed by atoms with Gasteiger partial charge in [-0.05, 0) is 36.2 Å². The third-order valence-corrected chi connectivity index (χ3v) is 5.58. The van der Waals surface area contributed by atoms with Crippen LogP contribution in [0.15, 0.2) is 72.8 Å². The molecule has 0 spiro atoms. The van der Waals surface area contributed by atoms with E-state index in [4.69, 9.17) is 16.3 Å². The molecule has 1 saturated heterocycles. The number of hydrogen-bond donors (Lipinski definition) is 0. The Hall–Kier alpha value is -3.11. The van der Waals surface area contributed by atoms with Crippen LogP contribution in [0.25, 0.3) is 11.1 Å². The van der Waals surface area contributed by atoms with Gasteiger partial charge in [0.25, 0.3) is 0 Å². The number of nitrogens with zero attached hydrogens (tertiary/aromatic N) is 1. The molecular formula is C24H20ClNO3. The van der Waals surface area contributed by atoms with Crippen LogP contribution in [-0.2, 0) is 9.59 Å². The van der Waals surface area contributed by atoms with E-state index in [9.17, 15) is 9.59 Å². The first-order valence-electron chi connectivity index (χ1n) is 9.46. The molecule has 0 N–H and O–H groups in total. The molecule has 1 fully saturated rings. The third kappa shape index (κ3) is 3.89. The zero-order chi connectivity index (χ0) is 20.4. The van der Waals surface area contributed by atoms with Gasteiger partial charge in [-0.3, -0.25) is 9.59 Å². The monoisotopic (exact) mass is 405 g/mol. The smallest absolute Gasteiger partial charge is 0.316 e. The molecule has 3 aromatic carbocycles. The Bertz CT molecular complexity index is 1060. The van der Waals surface area contributed by atoms with E-state index in [0.29, 0.717) is 10.8 Å². The molecule has 1 atom stereocenters. The fourth-order valence-corrected chi connectivity index (χ4v) is 3.76. The summed E-state index contributed by atoms with van der Waals surface area (Å²) in [4.78, 5) is 27.0. The standard InChI is InChI=1S/C24H20ClNO3/c1-16-20(25)11-7-12-21(16)26-15-18(14-23(26)27)24(28)29-22-13-6-5-10-19(22)17-8-3-2-4-9-17/h2-13,18H,14-15H2,1H3/t18-/m0/s1. The number of carbonyl (C=O) groups excluding carboxylic acids is 2. The van der Waals surface area contributed by atoms with Crippen molar-refractivity contribution in [2.45, 2.75) is 13.3 Å². The van der Waals surface area contributed by atoms with Crippen molar-refractivity contribution in [3.63, 3.8) is 0 Å². The van der Waals surface area contributed by atoms with Gasteiger partial charge in [0.05, 0.1) is 5.92 Å². The fourth-order valence-electron chi connectivity index (χ4n) is 3.59. The minimum Gasteiger partial charge on any atom is -0.426 e. The van der Waals surface area contributed by atoms with Gasteiger partial charge >= 0.3 is 5.97 Å². The SMILES string of the molecule is Cc1c(Cl)cccc1N1C[C@@H](C(=O)Oc2ccccc2-c2ccccc2)CC1=O. The Labute approximate surface area is 174 Å². The number of carbonyl (C=O) groups is 2. The first-order valence-corrected chi connectivity index (χ1v) is 9.84. The Morgan fingerprint density at radius 3 is 2.52 bits per heavy atom. The highest BCUT2D eigenvalue weighted by molar-refractivity contribution is 6.31. The van der Waals surface area contributed by atoms with E-state index in [0.717, 1.165) is 22.4 Å². The lowest BCUT2D eigenvalue weighted by atomic mass is 10.0. The number of para-hydroxylation sites is 1. The van der Waals surface area contributed by atoms with Crippen molar-refractivity contribution >= 4 is 29.2 Å². The lowest BCUT2D eigenvalue weighted by molar-refractivity contribution is -0.139. The largest absolute Gasteiger partial charge is 0.426 e. The Morgan fingerprint density at radius 2 is 1.72 bits per heavy atom. The van der Waals surface area contributed by atoms with Crippen LogP contribution in [0.2, 0.25) is 5.02 Å². The molecule has 0 aliphatic carbocycles. The summed E-state index contributed by atoms with van der Waals surface area (Å²) in [6.07, 6.45) is 0.123. The summed E-state index contributed by atoms with van der Waals surface area (Å²) < 4.78 is 5.73. The van der Waals surface area contributed by atoms with Crippen molar-refractivity contribution in [2.75, 3.05) is 11.4 Å². The minimum atomic E-state index is -0.523. The van der Waals surface area contributed by atoms with Crippen LogP contribution in [-0.4, -0.2) is 18.4 Å². The molecular weight excluding hydrogens is 386 g/mol. The maximum absolute atomic E-state index is 12.8. The average molecular weight is 406 g/mol. The van der Waals surface area contributed by atoms with Crippen molar-refractivity contribution in [2.24, 2.45) is 5.92 Å². The number of halogens is 1. The molecule has 4 nitrogen and oxygen atoms in total. The number of ether oxygens (including phenoxy) is 1. The maximum atomic E-state index is 12.8. The number of esters is 1. The van der Waals surface area contributed by atoms with E-state index >= 15 is 0 Å². The van der Waals surface area contributed by atoms with E-state index in [1.54, 1.807) is 23.1 Å². The highest BCUT2D eigenvalue weighted by atomic mass is 35.5. The van der Waals surface area contributed by atoms with Crippen LogP contribution in [0.5, 0.6) is 5.75 Å². The van der Waals surface area contributed by atoms with Crippen LogP contribution >= 0.6 is 11.6 Å². The number of anilines is 1. The van der Waals surface area contributed by atoms with Gasteiger partial charge < -0.3 is 9.64 Å². The second kappa shape index (κ2) is 8.10. The molecule has 1 aliphatic heterocycles. The Kier molecular flexibility index (Phi) is 5.36. The number of amides is 1. The van der Waals surface area contributed by atoms with Crippen LogP contribution < -0.4 is 9.64 Å². The number of benzene rings is 3. The van der Waals surface area contributed by atoms with Gasteiger partial charge in [0, 0.05) is 29.2 Å². The van der Waals surface area contributed by atoms with Gasteiger partial charge in [-0.1, -0.05) is 66.2 Å². The van der Waals surface area contributed by atoms with Crippen molar-refractivity contribution in [3.05, 3.63) is 83.4 Å². The second-order valence-corrected chi connectivity index (χ2v) is 7.48. The first-order chi connectivity index (χ1) is 14.0. The average Bonchev–Trinajstić information content (AvgIpc) is 3.13. The van der Waals surface area contributed by atoms with Crippen LogP contribution in [0, 0.1) is 12.8 Å². The molecule has 0 unspecified atom stereocenters. The molecule has 3 aromatic rings. The summed E-state index contributed by atoms with van der Waals surface area (Å²) in [6.45, 7) is 2.15. The molecule has 1 amide bonds. The summed E-state index contributed by atoms with van der Waals surface area (Å²) in [5, 5.41) is 0.595. The van der Waals surface area contributed by atoms with Gasteiger partial charge in [-0.15, -0.1) is 0 Å². The van der Waals surface area contributed by atoms with Crippen LogP contribution in [0.1, 0.15) is 12.0 Å². The fraction of sp³-hybridized carbons (Fsp3) is 0.167. The summed E-state index contributed by atoms with van der Waals surface area (Å²) in [5.74, 6) is -0.532. The molecule has 1 aliphatic rings. The predicted molar refractivity (Wildman–Crippen MR) is 114 cm³/mol. The van der Waals surface area contributed by atoms with Crippen molar-refractivity contribution in [3.8, 4) is 16.9 Å². The minimum absolute atomic E-state index is 0.103. The van der Waals surface area contributed by atoms with Crippen molar-refractivity contribution in [1.82, 2.24) is 0 Å². The molecule has 0 saturated carbocycles. The van der Waals surface area contributed by atoms with Gasteiger partial charge in [-0.2, -0.15) is 0 Å². The second-order valence-electron chi connectivity index (χ2n) is 7.07. The molecule has 0 radical (unpaired) electrons. The highest BCUT2D eigenvalue weighted by Crippen LogP contribution is 2.34. The molecule has 146 valence electrons. The number of rotatable bonds is 4. The summed E-state index contributed by atoms with van der Waals surface area (Å²) in [7, 11) is 0. The third-order valence-electron chi connectivity index (χ3n) is 5.17. The first kappa shape index (κ1) is 19.2. The molecule has 1 heterocycles. The van der Waals surface area contributed by atoms with Crippen molar-refractivity contribution in [1.29, 1.82) is 0 Å². The lowest BCUT2D eigenvalue weighted by Gasteiger charge is -2.19. The normalized spacial score (nSPS) is 16.1. The van der Waals surface area contributed by atoms with Crippen molar-refractivity contribution < 1.29 is 14.3 Å². The van der Waals surface area contributed by atoms with Gasteiger partial charge in [-0.25, -0.2) is 0 Å². The topological polar surface area (TPSA) is 46.6 Å². The summed E-state index contributed by atoms with van der Waals surface area (Å²) in [6, 6.07) is 22.6. The van der Waals surface area contributed by atoms with Gasteiger partial charge in [0.15, 0.2) is 0 Å². The molecule has 4 rings (SSSR count). The molecule has 5 heteroatoms. The van der Waals surface area contributed by atoms with Crippen LogP contribution in [0.3, 0.4) is 0 Å². The van der Waals surface area contributed by atoms with E-state index in [1.165, 1.54) is 0 Å². The summed E-state index contributed by atoms with van der Waals surface area (Å²) >= 11 is 6.19. The number of hydrogen-bond acceptors (Lipinski definition) is 3. The van der Waals surface area contributed by atoms with E-state index < -0.39 is 11.9 Å². The van der Waals surface area contributed by atoms with E-state index in [1.807, 2.05) is 61.5 Å². The Balaban J connectivity index is 1.54. The van der Waals surface area contributed by atoms with E-state index in [-0.39, 0.29) is 18.9 Å². The molecule has 0 bridgehead atoms. The highest BCUT2D eigenvalue weighted by Gasteiger charge is 2.37. The van der Waals surface area contributed by atoms with Gasteiger partial charge in [0.1, 0.15) is 5.75 Å². The Morgan fingerprint density at radius 1 is 1.00 bits per heavy atom. The van der Waals surface area contributed by atoms with Crippen LogP contribution in [0.4, 0.5) is 5.69 Å². The molecule has 0 aromatic heterocycles. The summed E-state index contributed by atoms with van der Waals surface area (Å²) in [5.41, 5.74) is 3.37. The zero-order valence-corrected chi connectivity index (χ0v) is 16.7. The lowest BCUT2D eigenvalue weighted by Crippen LogP contribution is -2.28. The molecule has 29 heavy (non-hydrogen) atoms. The van der Waals surface area contributed by atoms with E-state index in [2.05, 4.69) is 0 Å². The maximum Gasteiger partial charge on any atom is 0.316 e. The van der Waals surface area contributed by atoms with Gasteiger partial charge in [0.2, 0.25) is 5.91 Å². The predicted octanol–water partition coefficient (Wildman–Crippen LogP) is 5.27.